The van der Waals surface area contributed by atoms with Gasteiger partial charge in [0.05, 0.1) is 4.90 Å². The number of amides is 1. The molecule has 2 fully saturated rings. The molecule has 0 aliphatic carbocycles. The molecule has 0 aromatic heterocycles. The smallest absolute Gasteiger partial charge is 0.248 e. The Labute approximate surface area is 134 Å². The van der Waals surface area contributed by atoms with Gasteiger partial charge in [0.1, 0.15) is 0 Å². The molecule has 22 heavy (non-hydrogen) atoms. The number of likely N-dealkylation sites (tertiary alicyclic amines) is 1. The molecule has 0 saturated carbocycles. The van der Waals surface area contributed by atoms with E-state index in [1.807, 2.05) is 7.05 Å². The first-order valence-corrected chi connectivity index (χ1v) is 8.88. The molecular formula is C14H18ClN3O3S. The van der Waals surface area contributed by atoms with Gasteiger partial charge < -0.3 is 10.6 Å². The van der Waals surface area contributed by atoms with Crippen molar-refractivity contribution in [2.75, 3.05) is 33.2 Å². The molecule has 2 aliphatic rings. The van der Waals surface area contributed by atoms with Crippen molar-refractivity contribution in [3.63, 3.8) is 0 Å². The van der Waals surface area contributed by atoms with Gasteiger partial charge in [-0.25, -0.2) is 8.42 Å². The van der Waals surface area contributed by atoms with E-state index in [4.69, 9.17) is 17.3 Å². The third kappa shape index (κ3) is 2.74. The highest BCUT2D eigenvalue weighted by atomic mass is 35.5. The zero-order valence-electron chi connectivity index (χ0n) is 12.2. The topological polar surface area (TPSA) is 83.7 Å². The average Bonchev–Trinajstić information content (AvgIpc) is 2.95. The summed E-state index contributed by atoms with van der Waals surface area (Å²) < 4.78 is 27.0. The van der Waals surface area contributed by atoms with Gasteiger partial charge in [-0.1, -0.05) is 11.6 Å². The van der Waals surface area contributed by atoms with Crippen molar-refractivity contribution in [3.8, 4) is 0 Å². The molecule has 2 saturated heterocycles. The van der Waals surface area contributed by atoms with Gasteiger partial charge in [-0.05, 0) is 37.1 Å². The average molecular weight is 344 g/mol. The Balaban J connectivity index is 1.90. The van der Waals surface area contributed by atoms with Gasteiger partial charge in [0.2, 0.25) is 15.9 Å². The lowest BCUT2D eigenvalue weighted by Crippen LogP contribution is -2.32. The number of carbonyl (C=O) groups is 1. The molecule has 6 nitrogen and oxygen atoms in total. The summed E-state index contributed by atoms with van der Waals surface area (Å²) >= 11 is 5.92. The predicted molar refractivity (Wildman–Crippen MR) is 83.2 cm³/mol. The molecule has 2 aliphatic heterocycles. The third-order valence-corrected chi connectivity index (χ3v) is 6.46. The van der Waals surface area contributed by atoms with Crippen LogP contribution in [-0.2, 0) is 10.0 Å². The first-order chi connectivity index (χ1) is 10.3. The van der Waals surface area contributed by atoms with Crippen LogP contribution < -0.4 is 5.73 Å². The maximum Gasteiger partial charge on any atom is 0.248 e. The lowest BCUT2D eigenvalue weighted by molar-refractivity contribution is 0.1000. The maximum absolute atomic E-state index is 12.8. The third-order valence-electron chi connectivity index (χ3n) is 4.43. The van der Waals surface area contributed by atoms with E-state index in [2.05, 4.69) is 4.90 Å². The molecule has 3 rings (SSSR count). The van der Waals surface area contributed by atoms with Gasteiger partial charge in [-0.2, -0.15) is 4.31 Å². The Morgan fingerprint density at radius 1 is 1.18 bits per heavy atom. The van der Waals surface area contributed by atoms with Crippen LogP contribution in [0.1, 0.15) is 10.4 Å². The summed E-state index contributed by atoms with van der Waals surface area (Å²) in [6.45, 7) is 2.85. The predicted octanol–water partition coefficient (Wildman–Crippen LogP) is 0.621. The van der Waals surface area contributed by atoms with E-state index in [9.17, 15) is 13.2 Å². The molecule has 0 bridgehead atoms. The highest BCUT2D eigenvalue weighted by Crippen LogP contribution is 2.34. The molecule has 0 spiro atoms. The van der Waals surface area contributed by atoms with Crippen LogP contribution in [0.2, 0.25) is 5.02 Å². The molecule has 1 aromatic carbocycles. The zero-order valence-corrected chi connectivity index (χ0v) is 13.8. The Bertz CT molecular complexity index is 708. The molecule has 2 atom stereocenters. The van der Waals surface area contributed by atoms with E-state index >= 15 is 0 Å². The van der Waals surface area contributed by atoms with Gasteiger partial charge >= 0.3 is 0 Å². The normalized spacial score (nSPS) is 26.3. The molecule has 0 radical (unpaired) electrons. The highest BCUT2D eigenvalue weighted by Gasteiger charge is 2.43. The van der Waals surface area contributed by atoms with Gasteiger partial charge in [0.25, 0.3) is 0 Å². The summed E-state index contributed by atoms with van der Waals surface area (Å²) in [6.07, 6.45) is 0. The minimum absolute atomic E-state index is 0.0297. The quantitative estimate of drug-likeness (QED) is 0.872. The van der Waals surface area contributed by atoms with Crippen molar-refractivity contribution < 1.29 is 13.2 Å². The second-order valence-electron chi connectivity index (χ2n) is 6.10. The van der Waals surface area contributed by atoms with E-state index in [0.29, 0.717) is 24.9 Å². The van der Waals surface area contributed by atoms with Crippen LogP contribution in [0, 0.1) is 11.8 Å². The van der Waals surface area contributed by atoms with E-state index in [-0.39, 0.29) is 15.5 Å². The second-order valence-corrected chi connectivity index (χ2v) is 8.48. The van der Waals surface area contributed by atoms with Crippen LogP contribution in [0.4, 0.5) is 0 Å². The first kappa shape index (κ1) is 15.7. The van der Waals surface area contributed by atoms with Gasteiger partial charge in [-0.3, -0.25) is 4.79 Å². The number of fused-ring (bicyclic) bond motifs is 1. The molecular weight excluding hydrogens is 326 g/mol. The second kappa shape index (κ2) is 5.49. The van der Waals surface area contributed by atoms with Crippen LogP contribution in [0.25, 0.3) is 0 Å². The zero-order chi connectivity index (χ0) is 16.1. The Hall–Kier alpha value is -1.15. The number of hydrogen-bond donors (Lipinski definition) is 1. The van der Waals surface area contributed by atoms with Gasteiger partial charge in [0.15, 0.2) is 0 Å². The summed E-state index contributed by atoms with van der Waals surface area (Å²) in [5.41, 5.74) is 5.33. The van der Waals surface area contributed by atoms with Crippen molar-refractivity contribution >= 4 is 27.5 Å². The molecule has 1 amide bonds. The number of nitrogens with zero attached hydrogens (tertiary/aromatic N) is 2. The molecule has 2 heterocycles. The maximum atomic E-state index is 12.8. The van der Waals surface area contributed by atoms with Crippen LogP contribution in [0.15, 0.2) is 23.1 Å². The molecule has 2 N–H and O–H groups in total. The summed E-state index contributed by atoms with van der Waals surface area (Å²) in [6, 6.07) is 4.03. The minimum Gasteiger partial charge on any atom is -0.366 e. The molecule has 120 valence electrons. The first-order valence-electron chi connectivity index (χ1n) is 7.06. The lowest BCUT2D eigenvalue weighted by Gasteiger charge is -2.19. The van der Waals surface area contributed by atoms with Crippen molar-refractivity contribution in [2.24, 2.45) is 17.6 Å². The number of sulfonamides is 1. The Kier molecular flexibility index (Phi) is 3.92. The summed E-state index contributed by atoms with van der Waals surface area (Å²) in [7, 11) is -1.61. The number of hydrogen-bond acceptors (Lipinski definition) is 4. The van der Waals surface area contributed by atoms with E-state index in [1.165, 1.54) is 22.5 Å². The van der Waals surface area contributed by atoms with E-state index in [0.717, 1.165) is 13.1 Å². The summed E-state index contributed by atoms with van der Waals surface area (Å²) in [5, 5.41) is 0.189. The van der Waals surface area contributed by atoms with Crippen molar-refractivity contribution in [1.82, 2.24) is 9.21 Å². The number of primary amides is 1. The van der Waals surface area contributed by atoms with Crippen LogP contribution in [0.5, 0.6) is 0 Å². The minimum atomic E-state index is -3.65. The fourth-order valence-corrected chi connectivity index (χ4v) is 5.31. The SMILES string of the molecule is CN1C[C@@H]2CN(S(=O)(=O)c3cc(Cl)cc(C(N)=O)c3)C[C@@H]2C1. The molecule has 8 heteroatoms. The molecule has 0 unspecified atom stereocenters. The number of nitrogens with two attached hydrogens (primary N) is 1. The van der Waals surface area contributed by atoms with Crippen LogP contribution in [0.3, 0.4) is 0 Å². The van der Waals surface area contributed by atoms with Crippen LogP contribution in [-0.4, -0.2) is 56.8 Å². The van der Waals surface area contributed by atoms with Gasteiger partial charge in [0, 0.05) is 36.8 Å². The standard InChI is InChI=1S/C14H18ClN3O3S/c1-17-5-10-7-18(8-11(10)6-17)22(20,21)13-3-9(14(16)19)2-12(15)4-13/h2-4,10-11H,5-8H2,1H3,(H2,16,19)/t10-,11+. The number of halogens is 1. The number of benzene rings is 1. The number of carbonyl (C=O) groups excluding carboxylic acids is 1. The van der Waals surface area contributed by atoms with E-state index < -0.39 is 15.9 Å². The Morgan fingerprint density at radius 2 is 1.77 bits per heavy atom. The van der Waals surface area contributed by atoms with Gasteiger partial charge in [-0.15, -0.1) is 0 Å². The van der Waals surface area contributed by atoms with Crippen molar-refractivity contribution in [3.05, 3.63) is 28.8 Å². The fraction of sp³-hybridized carbons (Fsp3) is 0.500. The van der Waals surface area contributed by atoms with Crippen molar-refractivity contribution in [2.45, 2.75) is 4.90 Å². The highest BCUT2D eigenvalue weighted by molar-refractivity contribution is 7.89. The monoisotopic (exact) mass is 343 g/mol. The Morgan fingerprint density at radius 3 is 2.32 bits per heavy atom. The summed E-state index contributed by atoms with van der Waals surface area (Å²) in [4.78, 5) is 13.6. The van der Waals surface area contributed by atoms with Crippen molar-refractivity contribution in [1.29, 1.82) is 0 Å². The largest absolute Gasteiger partial charge is 0.366 e. The number of rotatable bonds is 3. The van der Waals surface area contributed by atoms with E-state index in [1.54, 1.807) is 0 Å². The van der Waals surface area contributed by atoms with Crippen LogP contribution >= 0.6 is 11.6 Å². The fourth-order valence-electron chi connectivity index (χ4n) is 3.38. The summed E-state index contributed by atoms with van der Waals surface area (Å²) in [5.74, 6) is 0.0445. The molecule has 1 aromatic rings. The lowest BCUT2D eigenvalue weighted by atomic mass is 10.0.